The van der Waals surface area contributed by atoms with Crippen LogP contribution in [0.2, 0.25) is 0 Å². The number of aryl methyl sites for hydroxylation is 1. The van der Waals surface area contributed by atoms with Crippen molar-refractivity contribution in [3.8, 4) is 0 Å². The van der Waals surface area contributed by atoms with Crippen molar-refractivity contribution in [3.05, 3.63) is 64.0 Å². The summed E-state index contributed by atoms with van der Waals surface area (Å²) in [6.45, 7) is 1.70. The second-order valence-corrected chi connectivity index (χ2v) is 4.37. The van der Waals surface area contributed by atoms with Crippen LogP contribution in [0.4, 0.5) is 5.69 Å². The van der Waals surface area contributed by atoms with Crippen LogP contribution in [0.1, 0.15) is 23.0 Å². The molecule has 0 aliphatic heterocycles. The van der Waals surface area contributed by atoms with Crippen LogP contribution < -0.4 is 0 Å². The molecule has 0 aliphatic rings. The van der Waals surface area contributed by atoms with E-state index in [1.807, 2.05) is 29.9 Å². The molecular weight excluding hydrogens is 274 g/mol. The minimum atomic E-state index is -0.743. The first-order chi connectivity index (χ1) is 9.99. The fourth-order valence-electron chi connectivity index (χ4n) is 1.79. The zero-order chi connectivity index (χ0) is 15.4. The van der Waals surface area contributed by atoms with Crippen LogP contribution in [0, 0.1) is 10.1 Å². The van der Waals surface area contributed by atoms with Crippen LogP contribution in [-0.4, -0.2) is 21.2 Å². The first kappa shape index (κ1) is 14.4. The molecule has 1 aromatic heterocycles. The zero-order valence-electron chi connectivity index (χ0n) is 11.5. The Labute approximate surface area is 120 Å². The minimum absolute atomic E-state index is 0.0765. The Hall–Kier alpha value is -2.96. The third kappa shape index (κ3) is 3.33. The molecular formula is C14H13N3O4. The van der Waals surface area contributed by atoms with Crippen molar-refractivity contribution in [2.24, 2.45) is 12.2 Å². The predicted octanol–water partition coefficient (Wildman–Crippen LogP) is 2.51. The van der Waals surface area contributed by atoms with E-state index in [1.165, 1.54) is 18.2 Å². The standard InChI is InChI=1S/C14H13N3O4/c1-10(13-7-4-8-16(13)2)15-21-14(18)11-5-3-6-12(9-11)17(19)20/h3-9H,1-2H3. The predicted molar refractivity (Wildman–Crippen MR) is 76.1 cm³/mol. The quantitative estimate of drug-likeness (QED) is 0.374. The molecule has 0 aliphatic carbocycles. The maximum atomic E-state index is 11.8. The lowest BCUT2D eigenvalue weighted by Crippen LogP contribution is -2.07. The van der Waals surface area contributed by atoms with E-state index in [2.05, 4.69) is 5.16 Å². The number of carbonyl (C=O) groups excluding carboxylic acids is 1. The van der Waals surface area contributed by atoms with Crippen molar-refractivity contribution in [3.63, 3.8) is 0 Å². The largest absolute Gasteiger partial charge is 0.365 e. The number of nitrogens with zero attached hydrogens (tertiary/aromatic N) is 3. The number of nitro benzene ring substituents is 1. The lowest BCUT2D eigenvalue weighted by atomic mass is 10.2. The molecule has 0 bridgehead atoms. The summed E-state index contributed by atoms with van der Waals surface area (Å²) in [5.74, 6) is -0.743. The van der Waals surface area contributed by atoms with Gasteiger partial charge in [0.1, 0.15) is 5.71 Å². The van der Waals surface area contributed by atoms with Crippen molar-refractivity contribution in [2.75, 3.05) is 0 Å². The Morgan fingerprint density at radius 3 is 2.71 bits per heavy atom. The van der Waals surface area contributed by atoms with Crippen LogP contribution in [0.25, 0.3) is 0 Å². The van der Waals surface area contributed by atoms with Crippen molar-refractivity contribution in [1.82, 2.24) is 4.57 Å². The highest BCUT2D eigenvalue weighted by molar-refractivity contribution is 5.98. The first-order valence-corrected chi connectivity index (χ1v) is 6.11. The fourth-order valence-corrected chi connectivity index (χ4v) is 1.79. The molecule has 0 radical (unpaired) electrons. The van der Waals surface area contributed by atoms with Crippen molar-refractivity contribution in [2.45, 2.75) is 6.92 Å². The Morgan fingerprint density at radius 2 is 2.10 bits per heavy atom. The van der Waals surface area contributed by atoms with Crippen molar-refractivity contribution < 1.29 is 14.6 Å². The summed E-state index contributed by atoms with van der Waals surface area (Å²) >= 11 is 0. The molecule has 0 atom stereocenters. The zero-order valence-corrected chi connectivity index (χ0v) is 11.5. The van der Waals surface area contributed by atoms with Gasteiger partial charge < -0.3 is 9.40 Å². The van der Waals surface area contributed by atoms with E-state index in [1.54, 1.807) is 6.92 Å². The summed E-state index contributed by atoms with van der Waals surface area (Å²) < 4.78 is 1.83. The summed E-state index contributed by atoms with van der Waals surface area (Å²) in [5.41, 5.74) is 1.24. The Balaban J connectivity index is 2.13. The van der Waals surface area contributed by atoms with Crippen molar-refractivity contribution in [1.29, 1.82) is 0 Å². The van der Waals surface area contributed by atoms with Crippen LogP contribution in [-0.2, 0) is 11.9 Å². The monoisotopic (exact) mass is 287 g/mol. The van der Waals surface area contributed by atoms with Gasteiger partial charge >= 0.3 is 5.97 Å². The number of rotatable bonds is 4. The number of hydrogen-bond acceptors (Lipinski definition) is 5. The topological polar surface area (TPSA) is 86.7 Å². The molecule has 0 saturated carbocycles. The third-order valence-electron chi connectivity index (χ3n) is 2.87. The second-order valence-electron chi connectivity index (χ2n) is 4.37. The van der Waals surface area contributed by atoms with E-state index in [0.717, 1.165) is 11.8 Å². The first-order valence-electron chi connectivity index (χ1n) is 6.11. The van der Waals surface area contributed by atoms with Gasteiger partial charge in [-0.25, -0.2) is 4.79 Å². The van der Waals surface area contributed by atoms with E-state index in [9.17, 15) is 14.9 Å². The number of aromatic nitrogens is 1. The molecule has 0 fully saturated rings. The Bertz CT molecular complexity index is 719. The number of carbonyl (C=O) groups is 1. The second kappa shape index (κ2) is 6.00. The maximum absolute atomic E-state index is 11.8. The third-order valence-corrected chi connectivity index (χ3v) is 2.87. The molecule has 1 aromatic carbocycles. The van der Waals surface area contributed by atoms with E-state index in [4.69, 9.17) is 4.84 Å². The summed E-state index contributed by atoms with van der Waals surface area (Å²) in [5, 5.41) is 14.4. The van der Waals surface area contributed by atoms with Gasteiger partial charge in [0.05, 0.1) is 16.2 Å². The molecule has 1 heterocycles. The Morgan fingerprint density at radius 1 is 1.33 bits per heavy atom. The van der Waals surface area contributed by atoms with Crippen LogP contribution >= 0.6 is 0 Å². The number of nitro groups is 1. The molecule has 2 aromatic rings. The molecule has 108 valence electrons. The molecule has 0 N–H and O–H groups in total. The average molecular weight is 287 g/mol. The highest BCUT2D eigenvalue weighted by Crippen LogP contribution is 2.14. The molecule has 7 heteroatoms. The Kier molecular flexibility index (Phi) is 4.13. The summed E-state index contributed by atoms with van der Waals surface area (Å²) in [6, 6.07) is 8.98. The summed E-state index contributed by atoms with van der Waals surface area (Å²) in [6.07, 6.45) is 1.84. The number of oxime groups is 1. The van der Waals surface area contributed by atoms with Crippen LogP contribution in [0.15, 0.2) is 47.8 Å². The minimum Gasteiger partial charge on any atom is -0.349 e. The summed E-state index contributed by atoms with van der Waals surface area (Å²) in [4.78, 5) is 26.7. The average Bonchev–Trinajstić information content (AvgIpc) is 2.90. The van der Waals surface area contributed by atoms with Gasteiger partial charge in [0.25, 0.3) is 5.69 Å². The molecule has 0 unspecified atom stereocenters. The van der Waals surface area contributed by atoms with Gasteiger partial charge in [-0.05, 0) is 25.1 Å². The van der Waals surface area contributed by atoms with Gasteiger partial charge in [-0.1, -0.05) is 11.2 Å². The molecule has 21 heavy (non-hydrogen) atoms. The fraction of sp³-hybridized carbons (Fsp3) is 0.143. The molecule has 7 nitrogen and oxygen atoms in total. The lowest BCUT2D eigenvalue weighted by Gasteiger charge is -2.02. The van der Waals surface area contributed by atoms with Crippen molar-refractivity contribution >= 4 is 17.4 Å². The van der Waals surface area contributed by atoms with Gasteiger partial charge in [-0.3, -0.25) is 10.1 Å². The van der Waals surface area contributed by atoms with E-state index >= 15 is 0 Å². The SMILES string of the molecule is CC(=NOC(=O)c1cccc([N+](=O)[O-])c1)c1cccn1C. The van der Waals surface area contributed by atoms with Gasteiger partial charge in [0.15, 0.2) is 0 Å². The molecule has 2 rings (SSSR count). The smallest absolute Gasteiger partial charge is 0.349 e. The normalized spacial score (nSPS) is 11.2. The molecule has 0 saturated heterocycles. The lowest BCUT2D eigenvalue weighted by molar-refractivity contribution is -0.384. The van der Waals surface area contributed by atoms with E-state index in [-0.39, 0.29) is 11.3 Å². The number of benzene rings is 1. The van der Waals surface area contributed by atoms with E-state index in [0.29, 0.717) is 5.71 Å². The van der Waals surface area contributed by atoms with Gasteiger partial charge in [-0.15, -0.1) is 0 Å². The number of non-ortho nitro benzene ring substituents is 1. The molecule has 0 amide bonds. The number of hydrogen-bond donors (Lipinski definition) is 0. The van der Waals surface area contributed by atoms with Gasteiger partial charge in [-0.2, -0.15) is 0 Å². The highest BCUT2D eigenvalue weighted by atomic mass is 16.7. The van der Waals surface area contributed by atoms with Gasteiger partial charge in [0.2, 0.25) is 0 Å². The highest BCUT2D eigenvalue weighted by Gasteiger charge is 2.13. The summed E-state index contributed by atoms with van der Waals surface area (Å²) in [7, 11) is 1.84. The van der Waals surface area contributed by atoms with Crippen LogP contribution in [0.3, 0.4) is 0 Å². The maximum Gasteiger partial charge on any atom is 0.365 e. The van der Waals surface area contributed by atoms with Crippen LogP contribution in [0.5, 0.6) is 0 Å². The van der Waals surface area contributed by atoms with E-state index < -0.39 is 10.9 Å². The molecule has 0 spiro atoms. The van der Waals surface area contributed by atoms with Gasteiger partial charge in [0, 0.05) is 25.4 Å².